The first-order valence-corrected chi connectivity index (χ1v) is 10.1. The number of amides is 2. The van der Waals surface area contributed by atoms with E-state index in [2.05, 4.69) is 10.2 Å². The van der Waals surface area contributed by atoms with Gasteiger partial charge in [-0.2, -0.15) is 11.3 Å². The molecule has 1 aromatic carbocycles. The van der Waals surface area contributed by atoms with Crippen molar-refractivity contribution in [3.05, 3.63) is 51.7 Å². The highest BCUT2D eigenvalue weighted by atomic mass is 35.5. The van der Waals surface area contributed by atoms with E-state index in [-0.39, 0.29) is 18.4 Å². The lowest BCUT2D eigenvalue weighted by atomic mass is 10.2. The third-order valence-corrected chi connectivity index (χ3v) is 5.30. The first-order chi connectivity index (χ1) is 13.1. The van der Waals surface area contributed by atoms with Crippen LogP contribution in [0.2, 0.25) is 5.02 Å². The van der Waals surface area contributed by atoms with Gasteiger partial charge in [-0.15, -0.1) is 0 Å². The molecule has 1 saturated heterocycles. The zero-order valence-corrected chi connectivity index (χ0v) is 16.5. The zero-order chi connectivity index (χ0) is 19.1. The predicted octanol–water partition coefficient (Wildman–Crippen LogP) is 2.35. The fraction of sp³-hybridized carbons (Fsp3) is 0.368. The van der Waals surface area contributed by atoms with Gasteiger partial charge >= 0.3 is 0 Å². The Kier molecular flexibility index (Phi) is 7.09. The molecule has 1 aliphatic heterocycles. The van der Waals surface area contributed by atoms with E-state index in [1.807, 2.05) is 21.7 Å². The van der Waals surface area contributed by atoms with Crippen LogP contribution in [0.4, 0.5) is 0 Å². The Morgan fingerprint density at radius 3 is 2.52 bits per heavy atom. The van der Waals surface area contributed by atoms with Crippen LogP contribution in [0, 0.1) is 0 Å². The molecule has 1 fully saturated rings. The number of piperazine rings is 1. The molecule has 0 bridgehead atoms. The number of halogens is 1. The lowest BCUT2D eigenvalue weighted by molar-refractivity contribution is -0.123. The van der Waals surface area contributed by atoms with Crippen molar-refractivity contribution in [3.8, 4) is 5.75 Å². The molecule has 0 aliphatic carbocycles. The molecule has 1 N–H and O–H groups in total. The molecule has 8 heteroatoms. The molecule has 0 unspecified atom stereocenters. The second kappa shape index (κ2) is 9.73. The standard InChI is InChI=1S/C19H22ClN3O3S/c20-16-1-3-17(4-2-16)26-13-18(24)21-6-7-22-8-10-23(11-9-22)19(25)15-5-12-27-14-15/h1-5,12,14H,6-11,13H2,(H,21,24). The van der Waals surface area contributed by atoms with E-state index in [1.165, 1.54) is 11.3 Å². The van der Waals surface area contributed by atoms with Crippen LogP contribution in [0.15, 0.2) is 41.1 Å². The van der Waals surface area contributed by atoms with Crippen LogP contribution in [0.3, 0.4) is 0 Å². The van der Waals surface area contributed by atoms with Crippen LogP contribution >= 0.6 is 22.9 Å². The molecule has 1 aliphatic rings. The molecule has 6 nitrogen and oxygen atoms in total. The van der Waals surface area contributed by atoms with Crippen molar-refractivity contribution >= 4 is 34.8 Å². The molecule has 0 saturated carbocycles. The van der Waals surface area contributed by atoms with Crippen molar-refractivity contribution in [2.75, 3.05) is 45.9 Å². The number of carbonyl (C=O) groups is 2. The van der Waals surface area contributed by atoms with E-state index < -0.39 is 0 Å². The van der Waals surface area contributed by atoms with Gasteiger partial charge in [-0.05, 0) is 35.7 Å². The van der Waals surface area contributed by atoms with E-state index in [1.54, 1.807) is 24.3 Å². The van der Waals surface area contributed by atoms with E-state index in [9.17, 15) is 9.59 Å². The predicted molar refractivity (Wildman–Crippen MR) is 107 cm³/mol. The van der Waals surface area contributed by atoms with Gasteiger partial charge in [-0.3, -0.25) is 14.5 Å². The quantitative estimate of drug-likeness (QED) is 0.765. The second-order valence-corrected chi connectivity index (χ2v) is 7.45. The maximum absolute atomic E-state index is 12.3. The van der Waals surface area contributed by atoms with Gasteiger partial charge in [-0.25, -0.2) is 0 Å². The first-order valence-electron chi connectivity index (χ1n) is 8.81. The van der Waals surface area contributed by atoms with Crippen LogP contribution in [-0.4, -0.2) is 67.5 Å². The molecule has 0 spiro atoms. The summed E-state index contributed by atoms with van der Waals surface area (Å²) in [7, 11) is 0. The molecule has 27 heavy (non-hydrogen) atoms. The minimum absolute atomic E-state index is 0.0233. The van der Waals surface area contributed by atoms with Gasteiger partial charge in [0.15, 0.2) is 6.61 Å². The van der Waals surface area contributed by atoms with Crippen molar-refractivity contribution in [2.24, 2.45) is 0 Å². The minimum Gasteiger partial charge on any atom is -0.484 e. The highest BCUT2D eigenvalue weighted by molar-refractivity contribution is 7.08. The number of hydrogen-bond acceptors (Lipinski definition) is 5. The van der Waals surface area contributed by atoms with Gasteiger partial charge in [0.1, 0.15) is 5.75 Å². The van der Waals surface area contributed by atoms with Gasteiger partial charge < -0.3 is 15.0 Å². The topological polar surface area (TPSA) is 61.9 Å². The number of benzene rings is 1. The minimum atomic E-state index is -0.156. The number of nitrogens with zero attached hydrogens (tertiary/aromatic N) is 2. The van der Waals surface area contributed by atoms with Crippen LogP contribution in [0.5, 0.6) is 5.75 Å². The third-order valence-electron chi connectivity index (χ3n) is 4.36. The summed E-state index contributed by atoms with van der Waals surface area (Å²) < 4.78 is 5.41. The van der Waals surface area contributed by atoms with Crippen molar-refractivity contribution in [2.45, 2.75) is 0 Å². The number of thiophene rings is 1. The summed E-state index contributed by atoms with van der Waals surface area (Å²) in [5, 5.41) is 7.29. The monoisotopic (exact) mass is 407 g/mol. The molecule has 1 aromatic heterocycles. The summed E-state index contributed by atoms with van der Waals surface area (Å²) in [5.74, 6) is 0.556. The van der Waals surface area contributed by atoms with Crippen molar-refractivity contribution in [3.63, 3.8) is 0 Å². The number of carbonyl (C=O) groups excluding carboxylic acids is 2. The number of nitrogens with one attached hydrogen (secondary N) is 1. The third kappa shape index (κ3) is 5.95. The maximum atomic E-state index is 12.3. The van der Waals surface area contributed by atoms with Crippen LogP contribution < -0.4 is 10.1 Å². The van der Waals surface area contributed by atoms with Crippen molar-refractivity contribution < 1.29 is 14.3 Å². The summed E-state index contributed by atoms with van der Waals surface area (Å²) in [5.41, 5.74) is 0.765. The van der Waals surface area contributed by atoms with Crippen LogP contribution in [-0.2, 0) is 4.79 Å². The summed E-state index contributed by atoms with van der Waals surface area (Å²) in [6, 6.07) is 8.76. The molecule has 144 valence electrons. The lowest BCUT2D eigenvalue weighted by Gasteiger charge is -2.34. The van der Waals surface area contributed by atoms with Gasteiger partial charge in [0.05, 0.1) is 5.56 Å². The number of hydrogen-bond donors (Lipinski definition) is 1. The summed E-state index contributed by atoms with van der Waals surface area (Å²) >= 11 is 7.34. The summed E-state index contributed by atoms with van der Waals surface area (Å²) in [6.45, 7) is 4.34. The van der Waals surface area contributed by atoms with E-state index in [0.717, 1.165) is 25.2 Å². The Bertz CT molecular complexity index is 744. The second-order valence-electron chi connectivity index (χ2n) is 6.24. The summed E-state index contributed by atoms with van der Waals surface area (Å²) in [4.78, 5) is 28.3. The van der Waals surface area contributed by atoms with Gasteiger partial charge in [0, 0.05) is 49.7 Å². The van der Waals surface area contributed by atoms with E-state index in [0.29, 0.717) is 30.4 Å². The average Bonchev–Trinajstić information content (AvgIpc) is 3.22. The molecule has 2 amide bonds. The fourth-order valence-corrected chi connectivity index (χ4v) is 3.58. The van der Waals surface area contributed by atoms with Crippen LogP contribution in [0.1, 0.15) is 10.4 Å². The molecule has 3 rings (SSSR count). The van der Waals surface area contributed by atoms with Crippen molar-refractivity contribution in [1.82, 2.24) is 15.1 Å². The Labute approximate surface area is 167 Å². The highest BCUT2D eigenvalue weighted by Gasteiger charge is 2.22. The Morgan fingerprint density at radius 2 is 1.85 bits per heavy atom. The summed E-state index contributed by atoms with van der Waals surface area (Å²) in [6.07, 6.45) is 0. The number of rotatable bonds is 7. The normalized spacial score (nSPS) is 14.8. The molecular weight excluding hydrogens is 386 g/mol. The van der Waals surface area contributed by atoms with Crippen LogP contribution in [0.25, 0.3) is 0 Å². The van der Waals surface area contributed by atoms with Gasteiger partial charge in [0.25, 0.3) is 11.8 Å². The molecular formula is C19H22ClN3O3S. The van der Waals surface area contributed by atoms with Crippen molar-refractivity contribution in [1.29, 1.82) is 0 Å². The van der Waals surface area contributed by atoms with E-state index in [4.69, 9.17) is 16.3 Å². The molecule has 2 heterocycles. The molecule has 0 radical (unpaired) electrons. The largest absolute Gasteiger partial charge is 0.484 e. The Morgan fingerprint density at radius 1 is 1.11 bits per heavy atom. The fourth-order valence-electron chi connectivity index (χ4n) is 2.83. The average molecular weight is 408 g/mol. The maximum Gasteiger partial charge on any atom is 0.257 e. The van der Waals surface area contributed by atoms with Gasteiger partial charge in [0.2, 0.25) is 0 Å². The van der Waals surface area contributed by atoms with Gasteiger partial charge in [-0.1, -0.05) is 11.6 Å². The molecule has 0 atom stereocenters. The Balaban J connectivity index is 1.30. The smallest absolute Gasteiger partial charge is 0.257 e. The SMILES string of the molecule is O=C(COc1ccc(Cl)cc1)NCCN1CCN(C(=O)c2ccsc2)CC1. The highest BCUT2D eigenvalue weighted by Crippen LogP contribution is 2.15. The zero-order valence-electron chi connectivity index (χ0n) is 14.9. The number of ether oxygens (including phenoxy) is 1. The lowest BCUT2D eigenvalue weighted by Crippen LogP contribution is -2.50. The first kappa shape index (κ1) is 19.7. The molecule has 2 aromatic rings. The van der Waals surface area contributed by atoms with E-state index >= 15 is 0 Å². The Hall–Kier alpha value is -2.09.